The number of carboxylic acid groups (broad SMARTS) is 1. The number of nitrogens with one attached hydrogen (secondary N) is 1. The van der Waals surface area contributed by atoms with E-state index in [1.54, 1.807) is 36.4 Å². The van der Waals surface area contributed by atoms with E-state index in [-0.39, 0.29) is 11.6 Å². The number of rotatable bonds is 5. The Morgan fingerprint density at radius 3 is 2.47 bits per heavy atom. The van der Waals surface area contributed by atoms with Gasteiger partial charge in [-0.05, 0) is 60.0 Å². The molecule has 3 aromatic carbocycles. The van der Waals surface area contributed by atoms with Gasteiger partial charge < -0.3 is 15.2 Å². The Morgan fingerprint density at radius 1 is 0.933 bits per heavy atom. The summed E-state index contributed by atoms with van der Waals surface area (Å²) in [7, 11) is 0. The Morgan fingerprint density at radius 2 is 1.70 bits per heavy atom. The molecule has 6 nitrogen and oxygen atoms in total. The van der Waals surface area contributed by atoms with Crippen LogP contribution in [-0.4, -0.2) is 22.0 Å². The Labute approximate surface area is 170 Å². The van der Waals surface area contributed by atoms with Gasteiger partial charge in [-0.15, -0.1) is 0 Å². The Hall–Kier alpha value is -4.26. The van der Waals surface area contributed by atoms with Gasteiger partial charge in [0.25, 0.3) is 5.91 Å². The van der Waals surface area contributed by atoms with Gasteiger partial charge in [0.1, 0.15) is 17.3 Å². The molecule has 30 heavy (non-hydrogen) atoms. The number of carbonyl (C=O) groups excluding carboxylic acids is 1. The van der Waals surface area contributed by atoms with Crippen LogP contribution in [0.25, 0.3) is 10.8 Å². The second-order valence-electron chi connectivity index (χ2n) is 6.43. The number of aromatic nitrogens is 1. The fraction of sp³-hybridized carbons (Fsp3) is 0. The van der Waals surface area contributed by atoms with Crippen molar-refractivity contribution in [1.82, 2.24) is 4.98 Å². The molecule has 0 fully saturated rings. The zero-order valence-electron chi connectivity index (χ0n) is 15.5. The first-order valence-corrected chi connectivity index (χ1v) is 8.96. The van der Waals surface area contributed by atoms with Crippen molar-refractivity contribution in [2.75, 3.05) is 5.32 Å². The molecule has 0 aliphatic carbocycles. The number of nitrogens with zero attached hydrogens (tertiary/aromatic N) is 1. The predicted molar refractivity (Wildman–Crippen MR) is 110 cm³/mol. The molecule has 4 aromatic rings. The quantitative estimate of drug-likeness (QED) is 0.484. The van der Waals surface area contributed by atoms with Crippen molar-refractivity contribution in [2.24, 2.45) is 0 Å². The Bertz CT molecular complexity index is 1260. The average Bonchev–Trinajstić information content (AvgIpc) is 2.74. The SMILES string of the molecule is O=C(Nc1cccc2cc(Oc3ccnc(C(=O)O)c3)ccc12)c1ccc(F)cc1. The van der Waals surface area contributed by atoms with E-state index in [1.807, 2.05) is 6.07 Å². The number of fused-ring (bicyclic) bond motifs is 1. The fourth-order valence-electron chi connectivity index (χ4n) is 2.96. The van der Waals surface area contributed by atoms with Crippen LogP contribution in [0.2, 0.25) is 0 Å². The first-order chi connectivity index (χ1) is 14.5. The molecule has 7 heteroatoms. The lowest BCUT2D eigenvalue weighted by Crippen LogP contribution is -2.12. The van der Waals surface area contributed by atoms with Crippen molar-refractivity contribution in [3.63, 3.8) is 0 Å². The molecule has 1 aromatic heterocycles. The third-order valence-corrected chi connectivity index (χ3v) is 4.39. The lowest BCUT2D eigenvalue weighted by atomic mass is 10.1. The maximum Gasteiger partial charge on any atom is 0.354 e. The number of aromatic carboxylic acids is 1. The van der Waals surface area contributed by atoms with Crippen LogP contribution in [0, 0.1) is 5.82 Å². The molecule has 0 spiro atoms. The van der Waals surface area contributed by atoms with E-state index >= 15 is 0 Å². The molecule has 0 saturated carbocycles. The number of amides is 1. The largest absolute Gasteiger partial charge is 0.477 e. The van der Waals surface area contributed by atoms with Crippen molar-refractivity contribution >= 4 is 28.3 Å². The molecule has 0 atom stereocenters. The number of hydrogen-bond acceptors (Lipinski definition) is 4. The molecular formula is C23H15FN2O4. The van der Waals surface area contributed by atoms with E-state index in [2.05, 4.69) is 10.3 Å². The molecule has 0 aliphatic rings. The summed E-state index contributed by atoms with van der Waals surface area (Å²) >= 11 is 0. The summed E-state index contributed by atoms with van der Waals surface area (Å²) in [6.07, 6.45) is 1.36. The summed E-state index contributed by atoms with van der Waals surface area (Å²) in [4.78, 5) is 27.3. The minimum atomic E-state index is -1.14. The third-order valence-electron chi connectivity index (χ3n) is 4.39. The molecule has 0 unspecified atom stereocenters. The molecule has 4 rings (SSSR count). The van der Waals surface area contributed by atoms with Gasteiger partial charge in [0.15, 0.2) is 5.69 Å². The van der Waals surface area contributed by atoms with Gasteiger partial charge in [0, 0.05) is 28.9 Å². The number of carbonyl (C=O) groups is 2. The smallest absolute Gasteiger partial charge is 0.354 e. The lowest BCUT2D eigenvalue weighted by Gasteiger charge is -2.11. The Balaban J connectivity index is 1.59. The second kappa shape index (κ2) is 8.00. The van der Waals surface area contributed by atoms with E-state index in [4.69, 9.17) is 9.84 Å². The van der Waals surface area contributed by atoms with Gasteiger partial charge in [0.2, 0.25) is 0 Å². The number of anilines is 1. The van der Waals surface area contributed by atoms with Crippen LogP contribution in [-0.2, 0) is 0 Å². The topological polar surface area (TPSA) is 88.5 Å². The lowest BCUT2D eigenvalue weighted by molar-refractivity contribution is 0.0690. The zero-order valence-corrected chi connectivity index (χ0v) is 15.5. The normalized spacial score (nSPS) is 10.6. The molecule has 1 heterocycles. The average molecular weight is 402 g/mol. The van der Waals surface area contributed by atoms with Crippen molar-refractivity contribution < 1.29 is 23.8 Å². The van der Waals surface area contributed by atoms with Crippen LogP contribution in [0.5, 0.6) is 11.5 Å². The summed E-state index contributed by atoms with van der Waals surface area (Å²) in [5.41, 5.74) is 0.838. The Kier molecular flexibility index (Phi) is 5.09. The van der Waals surface area contributed by atoms with Gasteiger partial charge in [-0.1, -0.05) is 12.1 Å². The molecule has 0 aliphatic heterocycles. The number of hydrogen-bond donors (Lipinski definition) is 2. The summed E-state index contributed by atoms with van der Waals surface area (Å²) in [6.45, 7) is 0. The van der Waals surface area contributed by atoms with Crippen LogP contribution in [0.1, 0.15) is 20.8 Å². The minimum Gasteiger partial charge on any atom is -0.477 e. The van der Waals surface area contributed by atoms with Crippen LogP contribution in [0.4, 0.5) is 10.1 Å². The maximum atomic E-state index is 13.1. The van der Waals surface area contributed by atoms with Crippen molar-refractivity contribution in [1.29, 1.82) is 0 Å². The third kappa shape index (κ3) is 4.10. The molecule has 2 N–H and O–H groups in total. The minimum absolute atomic E-state index is 0.112. The van der Waals surface area contributed by atoms with Gasteiger partial charge in [-0.3, -0.25) is 4.79 Å². The van der Waals surface area contributed by atoms with Crippen molar-refractivity contribution in [3.05, 3.63) is 96.1 Å². The molecule has 1 amide bonds. The molecular weight excluding hydrogens is 387 g/mol. The van der Waals surface area contributed by atoms with Crippen LogP contribution >= 0.6 is 0 Å². The van der Waals surface area contributed by atoms with Gasteiger partial charge in [-0.2, -0.15) is 0 Å². The highest BCUT2D eigenvalue weighted by Crippen LogP contribution is 2.30. The van der Waals surface area contributed by atoms with E-state index in [1.165, 1.54) is 36.5 Å². The van der Waals surface area contributed by atoms with Gasteiger partial charge in [-0.25, -0.2) is 14.2 Å². The van der Waals surface area contributed by atoms with Crippen molar-refractivity contribution in [2.45, 2.75) is 0 Å². The second-order valence-corrected chi connectivity index (χ2v) is 6.43. The van der Waals surface area contributed by atoms with E-state index < -0.39 is 11.8 Å². The first kappa shape index (κ1) is 19.1. The predicted octanol–water partition coefficient (Wildman–Crippen LogP) is 5.12. The number of carboxylic acids is 1. The summed E-state index contributed by atoms with van der Waals surface area (Å²) in [5.74, 6) is -1.04. The summed E-state index contributed by atoms with van der Waals surface area (Å²) in [6, 6.07) is 18.9. The van der Waals surface area contributed by atoms with Crippen LogP contribution < -0.4 is 10.1 Å². The van der Waals surface area contributed by atoms with Crippen LogP contribution in [0.15, 0.2) is 79.0 Å². The monoisotopic (exact) mass is 402 g/mol. The molecule has 0 bridgehead atoms. The molecule has 148 valence electrons. The summed E-state index contributed by atoms with van der Waals surface area (Å²) < 4.78 is 18.8. The fourth-order valence-corrected chi connectivity index (χ4v) is 2.96. The summed E-state index contributed by atoms with van der Waals surface area (Å²) in [5, 5.41) is 13.5. The number of ether oxygens (including phenoxy) is 1. The highest BCUT2D eigenvalue weighted by atomic mass is 19.1. The maximum absolute atomic E-state index is 13.1. The zero-order chi connectivity index (χ0) is 21.1. The van der Waals surface area contributed by atoms with Crippen molar-refractivity contribution in [3.8, 4) is 11.5 Å². The molecule has 0 saturated heterocycles. The number of halogens is 1. The number of benzene rings is 3. The standard InChI is InChI=1S/C23H15FN2O4/c24-16-6-4-14(5-7-16)22(27)26-20-3-1-2-15-12-17(8-9-19(15)20)30-18-10-11-25-21(13-18)23(28)29/h1-13H,(H,26,27)(H,28,29). The van der Waals surface area contributed by atoms with E-state index in [0.29, 0.717) is 22.7 Å². The molecule has 0 radical (unpaired) electrons. The number of pyridine rings is 1. The highest BCUT2D eigenvalue weighted by molar-refractivity contribution is 6.09. The highest BCUT2D eigenvalue weighted by Gasteiger charge is 2.10. The van der Waals surface area contributed by atoms with E-state index in [0.717, 1.165) is 10.8 Å². The van der Waals surface area contributed by atoms with Gasteiger partial charge in [0.05, 0.1) is 0 Å². The van der Waals surface area contributed by atoms with E-state index in [9.17, 15) is 14.0 Å². The first-order valence-electron chi connectivity index (χ1n) is 8.96. The van der Waals surface area contributed by atoms with Gasteiger partial charge >= 0.3 is 5.97 Å². The van der Waals surface area contributed by atoms with Crippen LogP contribution in [0.3, 0.4) is 0 Å².